The molecular formula is C10H7N3. The predicted octanol–water partition coefficient (Wildman–Crippen LogP) is 1.30. The Morgan fingerprint density at radius 3 is 2.92 bits per heavy atom. The molecule has 3 aliphatic rings. The van der Waals surface area contributed by atoms with Gasteiger partial charge in [-0.05, 0) is 18.2 Å². The molecule has 3 nitrogen and oxygen atoms in total. The van der Waals surface area contributed by atoms with Gasteiger partial charge in [0.05, 0.1) is 11.4 Å². The van der Waals surface area contributed by atoms with Crippen LogP contribution in [0.1, 0.15) is 0 Å². The molecule has 0 bridgehead atoms. The van der Waals surface area contributed by atoms with Crippen molar-refractivity contribution >= 4 is 17.8 Å². The molecule has 0 radical (unpaired) electrons. The molecule has 2 aliphatic heterocycles. The van der Waals surface area contributed by atoms with Crippen LogP contribution in [0.5, 0.6) is 0 Å². The van der Waals surface area contributed by atoms with Crippen molar-refractivity contribution in [3.8, 4) is 0 Å². The summed E-state index contributed by atoms with van der Waals surface area (Å²) in [6.45, 7) is 0. The summed E-state index contributed by atoms with van der Waals surface area (Å²) in [5.41, 5.74) is 1.51. The highest BCUT2D eigenvalue weighted by atomic mass is 15.1. The number of allylic oxidation sites excluding steroid dienone is 2. The van der Waals surface area contributed by atoms with E-state index in [1.807, 2.05) is 30.4 Å². The molecule has 3 heteroatoms. The zero-order valence-corrected chi connectivity index (χ0v) is 6.88. The first kappa shape index (κ1) is 6.71. The van der Waals surface area contributed by atoms with E-state index in [-0.39, 0.29) is 0 Å². The minimum Gasteiger partial charge on any atom is -0.258 e. The van der Waals surface area contributed by atoms with Gasteiger partial charge in [-0.3, -0.25) is 4.99 Å². The maximum Gasteiger partial charge on any atom is 0.164 e. The summed E-state index contributed by atoms with van der Waals surface area (Å²) in [5.74, 6) is 0. The zero-order valence-electron chi connectivity index (χ0n) is 6.88. The molecule has 0 amide bonds. The average molecular weight is 169 g/mol. The summed E-state index contributed by atoms with van der Waals surface area (Å²) < 4.78 is 0. The van der Waals surface area contributed by atoms with Gasteiger partial charge in [-0.1, -0.05) is 12.2 Å². The number of rotatable bonds is 0. The van der Waals surface area contributed by atoms with Gasteiger partial charge in [0.2, 0.25) is 0 Å². The summed E-state index contributed by atoms with van der Waals surface area (Å²) in [7, 11) is 0. The Bertz CT molecular complexity index is 435. The van der Waals surface area contributed by atoms with E-state index >= 15 is 0 Å². The van der Waals surface area contributed by atoms with E-state index in [0.717, 1.165) is 11.4 Å². The molecule has 0 aromatic rings. The maximum atomic E-state index is 4.36. The van der Waals surface area contributed by atoms with Crippen LogP contribution in [0.15, 0.2) is 51.6 Å². The fourth-order valence-corrected chi connectivity index (χ4v) is 1.73. The summed E-state index contributed by atoms with van der Waals surface area (Å²) in [6, 6.07) is 0. The first-order valence-corrected chi connectivity index (χ1v) is 4.14. The third-order valence-electron chi connectivity index (χ3n) is 2.39. The van der Waals surface area contributed by atoms with Gasteiger partial charge in [-0.15, -0.1) is 0 Å². The lowest BCUT2D eigenvalue weighted by Gasteiger charge is -2.26. The lowest BCUT2D eigenvalue weighted by atomic mass is 9.84. The largest absolute Gasteiger partial charge is 0.258 e. The maximum absolute atomic E-state index is 4.36. The van der Waals surface area contributed by atoms with Crippen LogP contribution < -0.4 is 0 Å². The van der Waals surface area contributed by atoms with Crippen molar-refractivity contribution in [3.63, 3.8) is 0 Å². The van der Waals surface area contributed by atoms with Gasteiger partial charge in [-0.2, -0.15) is 0 Å². The van der Waals surface area contributed by atoms with E-state index in [2.05, 4.69) is 15.0 Å². The molecule has 1 unspecified atom stereocenters. The van der Waals surface area contributed by atoms with Gasteiger partial charge in [0.15, 0.2) is 5.54 Å². The van der Waals surface area contributed by atoms with E-state index in [1.54, 1.807) is 12.5 Å². The predicted molar refractivity (Wildman–Crippen MR) is 53.5 cm³/mol. The first-order valence-electron chi connectivity index (χ1n) is 4.14. The standard InChI is InChI=1S/C10H7N3/c1-2-5-10-8(3-1)11-6-4-9(10)12-7-13-10/h1-7H. The number of nitrogens with zero attached hydrogens (tertiary/aromatic N) is 3. The minimum absolute atomic E-state index is 0.399. The Kier molecular flexibility index (Phi) is 1.10. The highest BCUT2D eigenvalue weighted by molar-refractivity contribution is 6.30. The molecule has 0 aromatic heterocycles. The fraction of sp³-hybridized carbons (Fsp3) is 0.100. The van der Waals surface area contributed by atoms with Crippen molar-refractivity contribution in [1.82, 2.24) is 0 Å². The third-order valence-corrected chi connectivity index (χ3v) is 2.39. The van der Waals surface area contributed by atoms with Crippen molar-refractivity contribution in [2.45, 2.75) is 5.54 Å². The van der Waals surface area contributed by atoms with E-state index in [0.29, 0.717) is 0 Å². The van der Waals surface area contributed by atoms with Crippen molar-refractivity contribution < 1.29 is 0 Å². The van der Waals surface area contributed by atoms with Gasteiger partial charge < -0.3 is 0 Å². The fourth-order valence-electron chi connectivity index (χ4n) is 1.73. The van der Waals surface area contributed by atoms with E-state index in [9.17, 15) is 0 Å². The molecular weight excluding hydrogens is 162 g/mol. The first-order chi connectivity index (χ1) is 6.42. The second kappa shape index (κ2) is 2.13. The molecule has 0 fully saturated rings. The van der Waals surface area contributed by atoms with Gasteiger partial charge >= 0.3 is 0 Å². The Labute approximate surface area is 75.6 Å². The van der Waals surface area contributed by atoms with Crippen LogP contribution in [0.4, 0.5) is 0 Å². The van der Waals surface area contributed by atoms with Crippen LogP contribution in [0.3, 0.4) is 0 Å². The second-order valence-corrected chi connectivity index (χ2v) is 3.07. The third kappa shape index (κ3) is 0.710. The highest BCUT2D eigenvalue weighted by Gasteiger charge is 2.40. The van der Waals surface area contributed by atoms with Crippen molar-refractivity contribution in [1.29, 1.82) is 0 Å². The number of hydrogen-bond donors (Lipinski definition) is 0. The highest BCUT2D eigenvalue weighted by Crippen LogP contribution is 2.28. The minimum atomic E-state index is -0.399. The Morgan fingerprint density at radius 2 is 1.92 bits per heavy atom. The second-order valence-electron chi connectivity index (χ2n) is 3.07. The van der Waals surface area contributed by atoms with Crippen LogP contribution >= 0.6 is 0 Å². The molecule has 0 aromatic carbocycles. The SMILES string of the molecule is C1=CC2=NC=CC3=NC=NC23C=C1. The summed E-state index contributed by atoms with van der Waals surface area (Å²) in [4.78, 5) is 12.9. The topological polar surface area (TPSA) is 37.1 Å². The van der Waals surface area contributed by atoms with Crippen molar-refractivity contribution in [3.05, 3.63) is 36.6 Å². The smallest absolute Gasteiger partial charge is 0.164 e. The Hall–Kier alpha value is -1.77. The van der Waals surface area contributed by atoms with E-state index in [1.165, 1.54) is 0 Å². The van der Waals surface area contributed by atoms with E-state index < -0.39 is 5.54 Å². The summed E-state index contributed by atoms with van der Waals surface area (Å²) >= 11 is 0. The molecule has 13 heavy (non-hydrogen) atoms. The molecule has 1 atom stereocenters. The normalized spacial score (nSPS) is 32.6. The Morgan fingerprint density at radius 1 is 1.00 bits per heavy atom. The lowest BCUT2D eigenvalue weighted by molar-refractivity contribution is 0.947. The lowest BCUT2D eigenvalue weighted by Crippen LogP contribution is -2.41. The van der Waals surface area contributed by atoms with Crippen LogP contribution in [-0.2, 0) is 0 Å². The average Bonchev–Trinajstić information content (AvgIpc) is 2.58. The molecule has 0 N–H and O–H groups in total. The van der Waals surface area contributed by atoms with Crippen LogP contribution in [-0.4, -0.2) is 23.3 Å². The van der Waals surface area contributed by atoms with Gasteiger partial charge in [-0.25, -0.2) is 9.98 Å². The number of hydrogen-bond acceptors (Lipinski definition) is 3. The monoisotopic (exact) mass is 169 g/mol. The molecule has 3 rings (SSSR count). The van der Waals surface area contributed by atoms with Crippen LogP contribution in [0.2, 0.25) is 0 Å². The van der Waals surface area contributed by atoms with Gasteiger partial charge in [0.1, 0.15) is 6.34 Å². The van der Waals surface area contributed by atoms with E-state index in [4.69, 9.17) is 0 Å². The molecule has 1 aliphatic carbocycles. The van der Waals surface area contributed by atoms with Gasteiger partial charge in [0.25, 0.3) is 0 Å². The summed E-state index contributed by atoms with van der Waals surface area (Å²) in [5, 5.41) is 0. The molecule has 1 spiro atoms. The number of aliphatic imine (C=N–C) groups is 3. The quantitative estimate of drug-likeness (QED) is 0.524. The van der Waals surface area contributed by atoms with Crippen molar-refractivity contribution in [2.75, 3.05) is 0 Å². The van der Waals surface area contributed by atoms with Crippen LogP contribution in [0, 0.1) is 0 Å². The Balaban J connectivity index is 2.28. The molecule has 0 saturated heterocycles. The molecule has 2 heterocycles. The van der Waals surface area contributed by atoms with Crippen LogP contribution in [0.25, 0.3) is 0 Å². The van der Waals surface area contributed by atoms with Gasteiger partial charge in [0, 0.05) is 6.20 Å². The summed E-state index contributed by atoms with van der Waals surface area (Å²) in [6.07, 6.45) is 13.2. The molecule has 62 valence electrons. The zero-order chi connectivity index (χ0) is 8.73. The van der Waals surface area contributed by atoms with Crippen molar-refractivity contribution in [2.24, 2.45) is 15.0 Å². The molecule has 0 saturated carbocycles.